The van der Waals surface area contributed by atoms with Crippen LogP contribution in [0.1, 0.15) is 12.5 Å². The zero-order valence-corrected chi connectivity index (χ0v) is 11.2. The Morgan fingerprint density at radius 1 is 1.42 bits per heavy atom. The third-order valence-corrected chi connectivity index (χ3v) is 2.82. The highest BCUT2D eigenvalue weighted by Crippen LogP contribution is 2.38. The summed E-state index contributed by atoms with van der Waals surface area (Å²) in [6.07, 6.45) is -0.638. The molecule has 1 amide bonds. The van der Waals surface area contributed by atoms with Gasteiger partial charge in [0.05, 0.1) is 6.61 Å². The lowest BCUT2D eigenvalue weighted by atomic mass is 10.2. The molecule has 0 aliphatic carbocycles. The zero-order chi connectivity index (χ0) is 14.0. The molecular formula is C13H17NO5. The molecule has 1 heterocycles. The second kappa shape index (κ2) is 5.36. The number of nitrogens with zero attached hydrogens (tertiary/aromatic N) is 1. The Hall–Kier alpha value is -1.95. The average Bonchev–Trinajstić information content (AvgIpc) is 2.83. The van der Waals surface area contributed by atoms with E-state index in [1.165, 1.54) is 4.90 Å². The number of hydrogen-bond donors (Lipinski definition) is 1. The van der Waals surface area contributed by atoms with E-state index in [1.807, 2.05) is 0 Å². The molecule has 6 nitrogen and oxygen atoms in total. The van der Waals surface area contributed by atoms with E-state index in [0.29, 0.717) is 22.8 Å². The maximum absolute atomic E-state index is 11.8. The normalized spacial score (nSPS) is 14.1. The maximum Gasteiger partial charge on any atom is 0.262 e. The number of aliphatic hydroxyl groups is 1. The van der Waals surface area contributed by atoms with E-state index in [1.54, 1.807) is 33.2 Å². The van der Waals surface area contributed by atoms with Crippen molar-refractivity contribution in [1.29, 1.82) is 0 Å². The van der Waals surface area contributed by atoms with Crippen LogP contribution in [0.15, 0.2) is 12.1 Å². The van der Waals surface area contributed by atoms with Crippen molar-refractivity contribution >= 4 is 5.91 Å². The lowest BCUT2D eigenvalue weighted by molar-refractivity contribution is -0.135. The summed E-state index contributed by atoms with van der Waals surface area (Å²) in [5.74, 6) is 1.40. The van der Waals surface area contributed by atoms with Gasteiger partial charge in [0.15, 0.2) is 17.6 Å². The molecule has 1 N–H and O–H groups in total. The molecule has 1 aromatic rings. The number of likely N-dealkylation sites (N-methyl/N-ethyl adjacent to an activating group) is 1. The van der Waals surface area contributed by atoms with Gasteiger partial charge in [-0.15, -0.1) is 0 Å². The van der Waals surface area contributed by atoms with Crippen LogP contribution in [0.5, 0.6) is 17.2 Å². The summed E-state index contributed by atoms with van der Waals surface area (Å²) in [6.45, 7) is 1.61. The van der Waals surface area contributed by atoms with Crippen molar-refractivity contribution in [2.45, 2.75) is 19.6 Å². The number of carbonyl (C=O) groups excluding carboxylic acids is 1. The molecule has 0 radical (unpaired) electrons. The lowest BCUT2D eigenvalue weighted by Gasteiger charge is -2.19. The molecule has 1 aliphatic rings. The van der Waals surface area contributed by atoms with Crippen molar-refractivity contribution in [2.75, 3.05) is 20.9 Å². The summed E-state index contributed by atoms with van der Waals surface area (Å²) in [5.41, 5.74) is 0.558. The monoisotopic (exact) mass is 267 g/mol. The Balaban J connectivity index is 2.22. The molecule has 0 aromatic heterocycles. The Bertz CT molecular complexity index is 486. The fraction of sp³-hybridized carbons (Fsp3) is 0.462. The van der Waals surface area contributed by atoms with Gasteiger partial charge in [-0.2, -0.15) is 0 Å². The number of fused-ring (bicyclic) bond motifs is 1. The minimum atomic E-state index is -0.638. The van der Waals surface area contributed by atoms with Gasteiger partial charge in [0, 0.05) is 25.7 Å². The number of rotatable bonds is 4. The van der Waals surface area contributed by atoms with Crippen LogP contribution in [0, 0.1) is 0 Å². The number of amides is 1. The standard InChI is InChI=1S/C13H17NO5/c1-8(13(16)14(2)3)19-10-5-12-11(17-7-18-12)4-9(10)6-15/h4-5,8,15H,6-7H2,1-3H3. The summed E-state index contributed by atoms with van der Waals surface area (Å²) < 4.78 is 16.1. The van der Waals surface area contributed by atoms with Gasteiger partial charge in [-0.05, 0) is 13.0 Å². The molecule has 1 aliphatic heterocycles. The van der Waals surface area contributed by atoms with Gasteiger partial charge >= 0.3 is 0 Å². The van der Waals surface area contributed by atoms with E-state index in [4.69, 9.17) is 14.2 Å². The first-order chi connectivity index (χ1) is 9.02. The fourth-order valence-corrected chi connectivity index (χ4v) is 1.80. The lowest BCUT2D eigenvalue weighted by Crippen LogP contribution is -2.35. The maximum atomic E-state index is 11.8. The summed E-state index contributed by atoms with van der Waals surface area (Å²) >= 11 is 0. The third kappa shape index (κ3) is 2.73. The number of hydrogen-bond acceptors (Lipinski definition) is 5. The molecule has 0 saturated heterocycles. The second-order valence-corrected chi connectivity index (χ2v) is 4.46. The van der Waals surface area contributed by atoms with Crippen molar-refractivity contribution in [1.82, 2.24) is 4.90 Å². The highest BCUT2D eigenvalue weighted by molar-refractivity contribution is 5.80. The van der Waals surface area contributed by atoms with E-state index < -0.39 is 6.10 Å². The van der Waals surface area contributed by atoms with E-state index in [2.05, 4.69) is 0 Å². The molecule has 0 spiro atoms. The highest BCUT2D eigenvalue weighted by Gasteiger charge is 2.22. The van der Waals surface area contributed by atoms with Gasteiger partial charge in [-0.1, -0.05) is 0 Å². The number of ether oxygens (including phenoxy) is 3. The number of aliphatic hydroxyl groups excluding tert-OH is 1. The zero-order valence-electron chi connectivity index (χ0n) is 11.2. The van der Waals surface area contributed by atoms with Crippen molar-refractivity contribution in [3.05, 3.63) is 17.7 Å². The molecular weight excluding hydrogens is 250 g/mol. The van der Waals surface area contributed by atoms with Crippen LogP contribution in [0.3, 0.4) is 0 Å². The predicted octanol–water partition coefficient (Wildman–Crippen LogP) is 0.763. The molecule has 0 fully saturated rings. The summed E-state index contributed by atoms with van der Waals surface area (Å²) in [4.78, 5) is 13.2. The van der Waals surface area contributed by atoms with Crippen molar-refractivity contribution in [2.24, 2.45) is 0 Å². The van der Waals surface area contributed by atoms with Crippen LogP contribution in [0.25, 0.3) is 0 Å². The molecule has 6 heteroatoms. The van der Waals surface area contributed by atoms with Crippen molar-refractivity contribution < 1.29 is 24.1 Å². The van der Waals surface area contributed by atoms with E-state index in [0.717, 1.165) is 0 Å². The third-order valence-electron chi connectivity index (χ3n) is 2.82. The quantitative estimate of drug-likeness (QED) is 0.872. The van der Waals surface area contributed by atoms with Crippen molar-refractivity contribution in [3.8, 4) is 17.2 Å². The molecule has 19 heavy (non-hydrogen) atoms. The van der Waals surface area contributed by atoms with E-state index >= 15 is 0 Å². The number of carbonyl (C=O) groups is 1. The largest absolute Gasteiger partial charge is 0.480 e. The van der Waals surface area contributed by atoms with Crippen LogP contribution in [-0.2, 0) is 11.4 Å². The Morgan fingerprint density at radius 3 is 2.63 bits per heavy atom. The van der Waals surface area contributed by atoms with Crippen LogP contribution < -0.4 is 14.2 Å². The van der Waals surface area contributed by atoms with Crippen LogP contribution >= 0.6 is 0 Å². The van der Waals surface area contributed by atoms with Gasteiger partial charge in [0.25, 0.3) is 5.91 Å². The Labute approximate surface area is 111 Å². The highest BCUT2D eigenvalue weighted by atomic mass is 16.7. The molecule has 0 saturated carbocycles. The van der Waals surface area contributed by atoms with Crippen LogP contribution in [0.2, 0.25) is 0 Å². The van der Waals surface area contributed by atoms with E-state index in [9.17, 15) is 9.90 Å². The van der Waals surface area contributed by atoms with Gasteiger partial charge in [-0.25, -0.2) is 0 Å². The van der Waals surface area contributed by atoms with Gasteiger partial charge in [0.1, 0.15) is 5.75 Å². The van der Waals surface area contributed by atoms with Crippen LogP contribution in [0.4, 0.5) is 0 Å². The molecule has 1 aromatic carbocycles. The minimum absolute atomic E-state index is 0.149. The van der Waals surface area contributed by atoms with Crippen molar-refractivity contribution in [3.63, 3.8) is 0 Å². The smallest absolute Gasteiger partial charge is 0.262 e. The minimum Gasteiger partial charge on any atom is -0.480 e. The summed E-state index contributed by atoms with van der Waals surface area (Å²) in [5, 5.41) is 9.34. The van der Waals surface area contributed by atoms with Crippen LogP contribution in [-0.4, -0.2) is 42.9 Å². The summed E-state index contributed by atoms with van der Waals surface area (Å²) in [7, 11) is 3.32. The van der Waals surface area contributed by atoms with Gasteiger partial charge in [-0.3, -0.25) is 4.79 Å². The summed E-state index contributed by atoms with van der Waals surface area (Å²) in [6, 6.07) is 3.29. The SMILES string of the molecule is CC(Oc1cc2c(cc1CO)OCO2)C(=O)N(C)C. The molecule has 2 rings (SSSR count). The predicted molar refractivity (Wildman–Crippen MR) is 67.3 cm³/mol. The second-order valence-electron chi connectivity index (χ2n) is 4.46. The Morgan fingerprint density at radius 2 is 2.05 bits per heavy atom. The first kappa shape index (κ1) is 13.5. The molecule has 104 valence electrons. The molecule has 0 bridgehead atoms. The molecule has 1 atom stereocenters. The topological polar surface area (TPSA) is 68.2 Å². The first-order valence-corrected chi connectivity index (χ1v) is 5.94. The average molecular weight is 267 g/mol. The van der Waals surface area contributed by atoms with E-state index in [-0.39, 0.29) is 19.3 Å². The van der Waals surface area contributed by atoms with Gasteiger partial charge < -0.3 is 24.2 Å². The van der Waals surface area contributed by atoms with Gasteiger partial charge in [0.2, 0.25) is 6.79 Å². The first-order valence-electron chi connectivity index (χ1n) is 5.94. The Kier molecular flexibility index (Phi) is 3.80. The molecule has 1 unspecified atom stereocenters. The number of benzene rings is 1. The fourth-order valence-electron chi connectivity index (χ4n) is 1.80.